The summed E-state index contributed by atoms with van der Waals surface area (Å²) in [5, 5.41) is 7.51. The average Bonchev–Trinajstić information content (AvgIpc) is 3.19. The highest BCUT2D eigenvalue weighted by Crippen LogP contribution is 2.37. The molecule has 1 aliphatic rings. The molecule has 152 valence electrons. The minimum Gasteiger partial charge on any atom is -0.339 e. The van der Waals surface area contributed by atoms with Crippen molar-refractivity contribution in [3.8, 4) is 0 Å². The Morgan fingerprint density at radius 3 is 2.46 bits per heavy atom. The Kier molecular flexibility index (Phi) is 5.09. The van der Waals surface area contributed by atoms with E-state index < -0.39 is 17.5 Å². The molecule has 0 aliphatic heterocycles. The molecule has 0 aromatic carbocycles. The first-order valence-corrected chi connectivity index (χ1v) is 8.59. The minimum atomic E-state index is -4.62. The predicted molar refractivity (Wildman–Crippen MR) is 93.9 cm³/mol. The third-order valence-corrected chi connectivity index (χ3v) is 5.05. The molecule has 0 spiro atoms. The summed E-state index contributed by atoms with van der Waals surface area (Å²) >= 11 is 0. The largest absolute Gasteiger partial charge is 0.453 e. The van der Waals surface area contributed by atoms with Crippen LogP contribution in [0.4, 0.5) is 13.2 Å². The van der Waals surface area contributed by atoms with Gasteiger partial charge in [0, 0.05) is 17.8 Å². The molecule has 0 saturated heterocycles. The van der Waals surface area contributed by atoms with Gasteiger partial charge in [-0.15, -0.1) is 17.5 Å². The summed E-state index contributed by atoms with van der Waals surface area (Å²) in [6.07, 6.45) is -1.01. The van der Waals surface area contributed by atoms with Crippen LogP contribution < -0.4 is 5.73 Å². The quantitative estimate of drug-likeness (QED) is 0.695. The van der Waals surface area contributed by atoms with Gasteiger partial charge in [-0.05, 0) is 45.1 Å². The Morgan fingerprint density at radius 2 is 1.86 bits per heavy atom. The molecule has 0 unspecified atom stereocenters. The number of nitrogens with two attached hydrogens (primary N) is 1. The Hall–Kier alpha value is -2.27. The van der Waals surface area contributed by atoms with Crippen LogP contribution in [0.3, 0.4) is 0 Å². The SMILES string of the molecule is Cc1nc2nc(C(F)(F)F)nn2c(C)c1CCc1nc(C2(N)CCC2)no1.Cl. The zero-order valence-electron chi connectivity index (χ0n) is 15.2. The highest BCUT2D eigenvalue weighted by molar-refractivity contribution is 5.85. The number of rotatable bonds is 4. The monoisotopic (exact) mass is 417 g/mol. The molecular formula is C16H19ClF3N7O. The topological polar surface area (TPSA) is 108 Å². The van der Waals surface area contributed by atoms with E-state index in [-0.39, 0.29) is 18.2 Å². The first-order valence-electron chi connectivity index (χ1n) is 8.59. The fourth-order valence-electron chi connectivity index (χ4n) is 3.26. The van der Waals surface area contributed by atoms with Crippen LogP contribution >= 0.6 is 12.4 Å². The maximum Gasteiger partial charge on any atom is 0.453 e. The van der Waals surface area contributed by atoms with Crippen LogP contribution in [0.25, 0.3) is 5.78 Å². The fraction of sp³-hybridized carbons (Fsp3) is 0.562. The molecule has 1 fully saturated rings. The van der Waals surface area contributed by atoms with Crippen LogP contribution in [-0.4, -0.2) is 29.7 Å². The molecule has 0 amide bonds. The van der Waals surface area contributed by atoms with Gasteiger partial charge in [0.15, 0.2) is 5.82 Å². The van der Waals surface area contributed by atoms with Gasteiger partial charge >= 0.3 is 6.18 Å². The summed E-state index contributed by atoms with van der Waals surface area (Å²) in [5.74, 6) is -0.326. The number of alkyl halides is 3. The molecule has 4 rings (SSSR count). The van der Waals surface area contributed by atoms with Crippen molar-refractivity contribution in [1.82, 2.24) is 29.7 Å². The molecule has 8 nitrogen and oxygen atoms in total. The zero-order chi connectivity index (χ0) is 19.4. The van der Waals surface area contributed by atoms with E-state index in [9.17, 15) is 13.2 Å². The van der Waals surface area contributed by atoms with E-state index >= 15 is 0 Å². The number of aromatic nitrogens is 6. The Morgan fingerprint density at radius 1 is 1.14 bits per heavy atom. The summed E-state index contributed by atoms with van der Waals surface area (Å²) in [5.41, 5.74) is 7.60. The van der Waals surface area contributed by atoms with E-state index in [2.05, 4.69) is 25.2 Å². The summed E-state index contributed by atoms with van der Waals surface area (Å²) in [7, 11) is 0. The summed E-state index contributed by atoms with van der Waals surface area (Å²) in [4.78, 5) is 12.0. The van der Waals surface area contributed by atoms with E-state index in [1.165, 1.54) is 0 Å². The normalized spacial score (nSPS) is 16.1. The van der Waals surface area contributed by atoms with E-state index in [1.807, 2.05) is 0 Å². The minimum absolute atomic E-state index is 0. The molecule has 1 saturated carbocycles. The van der Waals surface area contributed by atoms with Crippen LogP contribution in [0.2, 0.25) is 0 Å². The van der Waals surface area contributed by atoms with Gasteiger partial charge in [-0.25, -0.2) is 9.50 Å². The first-order chi connectivity index (χ1) is 12.7. The lowest BCUT2D eigenvalue weighted by Crippen LogP contribution is -2.44. The lowest BCUT2D eigenvalue weighted by atomic mass is 9.77. The van der Waals surface area contributed by atoms with Gasteiger partial charge in [-0.1, -0.05) is 5.16 Å². The van der Waals surface area contributed by atoms with Crippen molar-refractivity contribution in [3.05, 3.63) is 34.5 Å². The van der Waals surface area contributed by atoms with Crippen molar-refractivity contribution in [2.75, 3.05) is 0 Å². The van der Waals surface area contributed by atoms with E-state index in [0.717, 1.165) is 29.3 Å². The van der Waals surface area contributed by atoms with Crippen molar-refractivity contribution in [3.63, 3.8) is 0 Å². The number of nitrogens with zero attached hydrogens (tertiary/aromatic N) is 6. The maximum absolute atomic E-state index is 12.9. The lowest BCUT2D eigenvalue weighted by molar-refractivity contribution is -0.144. The molecule has 0 radical (unpaired) electrons. The Bertz CT molecular complexity index is 1010. The van der Waals surface area contributed by atoms with Gasteiger partial charge in [0.1, 0.15) is 0 Å². The Labute approximate surface area is 164 Å². The van der Waals surface area contributed by atoms with E-state index in [0.29, 0.717) is 35.9 Å². The molecule has 28 heavy (non-hydrogen) atoms. The second-order valence-electron chi connectivity index (χ2n) is 6.93. The van der Waals surface area contributed by atoms with Crippen LogP contribution in [0.1, 0.15) is 53.8 Å². The molecular weight excluding hydrogens is 399 g/mol. The van der Waals surface area contributed by atoms with Crippen LogP contribution in [0.5, 0.6) is 0 Å². The maximum atomic E-state index is 12.9. The van der Waals surface area contributed by atoms with Crippen molar-refractivity contribution in [2.24, 2.45) is 5.73 Å². The van der Waals surface area contributed by atoms with Gasteiger partial charge < -0.3 is 10.3 Å². The van der Waals surface area contributed by atoms with Crippen molar-refractivity contribution in [1.29, 1.82) is 0 Å². The molecule has 0 atom stereocenters. The lowest BCUT2D eigenvalue weighted by Gasteiger charge is -2.34. The molecule has 3 heterocycles. The average molecular weight is 418 g/mol. The van der Waals surface area contributed by atoms with E-state index in [1.54, 1.807) is 13.8 Å². The number of halogens is 4. The Balaban J connectivity index is 0.00000225. The standard InChI is InChI=1S/C16H18F3N7O.ClH/c1-8-10(4-5-11-22-12(25-27-11)15(20)6-3-7-15)9(2)26-14(21-8)23-13(24-26)16(17,18)19;/h3-7,20H2,1-2H3;1H. The summed E-state index contributed by atoms with van der Waals surface area (Å²) in [6.45, 7) is 3.42. The molecule has 12 heteroatoms. The first kappa shape index (κ1) is 20.5. The van der Waals surface area contributed by atoms with E-state index in [4.69, 9.17) is 10.3 Å². The number of hydrogen-bond acceptors (Lipinski definition) is 7. The van der Waals surface area contributed by atoms with Crippen molar-refractivity contribution in [2.45, 2.75) is 57.7 Å². The predicted octanol–water partition coefficient (Wildman–Crippen LogP) is 2.69. The second kappa shape index (κ2) is 6.96. The number of fused-ring (bicyclic) bond motifs is 1. The van der Waals surface area contributed by atoms with Gasteiger partial charge in [-0.2, -0.15) is 23.1 Å². The number of aryl methyl sites for hydroxylation is 3. The highest BCUT2D eigenvalue weighted by atomic mass is 35.5. The third kappa shape index (κ3) is 3.44. The van der Waals surface area contributed by atoms with Crippen LogP contribution in [-0.2, 0) is 24.6 Å². The van der Waals surface area contributed by atoms with Crippen LogP contribution in [0.15, 0.2) is 4.52 Å². The molecule has 1 aliphatic carbocycles. The second-order valence-corrected chi connectivity index (χ2v) is 6.93. The zero-order valence-corrected chi connectivity index (χ0v) is 16.1. The fourth-order valence-corrected chi connectivity index (χ4v) is 3.26. The third-order valence-electron chi connectivity index (χ3n) is 5.05. The molecule has 3 aromatic rings. The van der Waals surface area contributed by atoms with Gasteiger partial charge in [0.05, 0.1) is 5.54 Å². The number of hydrogen-bond donors (Lipinski definition) is 1. The summed E-state index contributed by atoms with van der Waals surface area (Å²) < 4.78 is 45.0. The molecule has 2 N–H and O–H groups in total. The molecule has 3 aromatic heterocycles. The highest BCUT2D eigenvalue weighted by Gasteiger charge is 2.39. The van der Waals surface area contributed by atoms with Crippen LogP contribution in [0, 0.1) is 13.8 Å². The van der Waals surface area contributed by atoms with Crippen molar-refractivity contribution >= 4 is 18.2 Å². The summed E-state index contributed by atoms with van der Waals surface area (Å²) in [6, 6.07) is 0. The van der Waals surface area contributed by atoms with Gasteiger partial charge in [0.25, 0.3) is 11.6 Å². The van der Waals surface area contributed by atoms with Crippen molar-refractivity contribution < 1.29 is 17.7 Å². The van der Waals surface area contributed by atoms with Gasteiger partial charge in [-0.3, -0.25) is 0 Å². The smallest absolute Gasteiger partial charge is 0.339 e. The van der Waals surface area contributed by atoms with Gasteiger partial charge in [0.2, 0.25) is 5.89 Å². The molecule has 0 bridgehead atoms.